The number of hydrogen-bond acceptors (Lipinski definition) is 5. The zero-order valence-electron chi connectivity index (χ0n) is 16.2. The number of hydrogen-bond donors (Lipinski definition) is 0. The third kappa shape index (κ3) is 4.12. The highest BCUT2D eigenvalue weighted by Crippen LogP contribution is 2.29. The van der Waals surface area contributed by atoms with Crippen molar-refractivity contribution in [2.24, 2.45) is 7.05 Å². The molecule has 1 aliphatic heterocycles. The van der Waals surface area contributed by atoms with Crippen LogP contribution in [0.2, 0.25) is 0 Å². The van der Waals surface area contributed by atoms with Gasteiger partial charge < -0.3 is 14.4 Å². The number of nitrogens with zero attached hydrogens (tertiary/aromatic N) is 4. The molecule has 0 bridgehead atoms. The second kappa shape index (κ2) is 8.24. The number of pyridine rings is 1. The van der Waals surface area contributed by atoms with Crippen molar-refractivity contribution in [1.29, 1.82) is 0 Å². The fourth-order valence-electron chi connectivity index (χ4n) is 3.43. The zero-order chi connectivity index (χ0) is 20.4. The Labute approximate surface area is 177 Å². The minimum absolute atomic E-state index is 0.0592. The Kier molecular flexibility index (Phi) is 5.53. The van der Waals surface area contributed by atoms with E-state index in [4.69, 9.17) is 9.47 Å². The molecule has 29 heavy (non-hydrogen) atoms. The van der Waals surface area contributed by atoms with Gasteiger partial charge in [-0.15, -0.1) is 0 Å². The number of methoxy groups -OCH3 is 1. The average Bonchev–Trinajstić information content (AvgIpc) is 3.36. The largest absolute Gasteiger partial charge is 0.496 e. The molecule has 0 radical (unpaired) electrons. The van der Waals surface area contributed by atoms with E-state index in [1.54, 1.807) is 29.9 Å². The summed E-state index contributed by atoms with van der Waals surface area (Å²) in [5.41, 5.74) is 2.10. The first-order valence-electron chi connectivity index (χ1n) is 9.30. The molecule has 2 aromatic heterocycles. The summed E-state index contributed by atoms with van der Waals surface area (Å²) in [7, 11) is 3.40. The molecule has 7 nitrogen and oxygen atoms in total. The quantitative estimate of drug-likeness (QED) is 0.586. The van der Waals surface area contributed by atoms with E-state index in [0.29, 0.717) is 30.4 Å². The topological polar surface area (TPSA) is 69.5 Å². The molecule has 4 rings (SSSR count). The Hall–Kier alpha value is -2.87. The monoisotopic (exact) mass is 456 g/mol. The third-order valence-corrected chi connectivity index (χ3v) is 5.37. The number of rotatable bonds is 5. The van der Waals surface area contributed by atoms with Gasteiger partial charge in [-0.3, -0.25) is 9.48 Å². The molecule has 1 saturated heterocycles. The van der Waals surface area contributed by atoms with Gasteiger partial charge in [-0.1, -0.05) is 12.1 Å². The van der Waals surface area contributed by atoms with Gasteiger partial charge in [-0.25, -0.2) is 4.98 Å². The molecular weight excluding hydrogens is 436 g/mol. The summed E-state index contributed by atoms with van der Waals surface area (Å²) in [6, 6.07) is 13.1. The van der Waals surface area contributed by atoms with Crippen LogP contribution in [-0.2, 0) is 7.05 Å². The van der Waals surface area contributed by atoms with Gasteiger partial charge in [0.15, 0.2) is 0 Å². The van der Waals surface area contributed by atoms with Crippen LogP contribution < -0.4 is 9.47 Å². The van der Waals surface area contributed by atoms with Crippen molar-refractivity contribution in [3.05, 3.63) is 58.8 Å². The molecule has 1 unspecified atom stereocenters. The lowest BCUT2D eigenvalue weighted by Gasteiger charge is -2.16. The lowest BCUT2D eigenvalue weighted by atomic mass is 10.1. The van der Waals surface area contributed by atoms with Crippen LogP contribution in [-0.4, -0.2) is 51.9 Å². The predicted octanol–water partition coefficient (Wildman–Crippen LogP) is 3.55. The molecular formula is C21H21BrN4O3. The first kappa shape index (κ1) is 19.4. The molecule has 150 valence electrons. The zero-order valence-corrected chi connectivity index (χ0v) is 17.8. The number of carbonyl (C=O) groups is 1. The summed E-state index contributed by atoms with van der Waals surface area (Å²) in [6.07, 6.45) is 2.39. The van der Waals surface area contributed by atoms with E-state index >= 15 is 0 Å². The van der Waals surface area contributed by atoms with Crippen molar-refractivity contribution in [3.8, 4) is 22.9 Å². The molecule has 8 heteroatoms. The van der Waals surface area contributed by atoms with Crippen molar-refractivity contribution < 1.29 is 14.3 Å². The number of amides is 1. The van der Waals surface area contributed by atoms with E-state index in [0.717, 1.165) is 22.2 Å². The second-order valence-electron chi connectivity index (χ2n) is 6.83. The summed E-state index contributed by atoms with van der Waals surface area (Å²) in [5, 5.41) is 4.52. The van der Waals surface area contributed by atoms with Crippen molar-refractivity contribution in [1.82, 2.24) is 19.7 Å². The second-order valence-corrected chi connectivity index (χ2v) is 7.75. The van der Waals surface area contributed by atoms with Gasteiger partial charge in [-0.2, -0.15) is 5.10 Å². The van der Waals surface area contributed by atoms with Gasteiger partial charge in [0.25, 0.3) is 5.91 Å². The number of benzene rings is 1. The third-order valence-electron chi connectivity index (χ3n) is 4.90. The number of halogens is 1. The first-order valence-corrected chi connectivity index (χ1v) is 10.1. The highest BCUT2D eigenvalue weighted by Gasteiger charge is 2.30. The molecule has 3 heterocycles. The number of carbonyl (C=O) groups excluding carboxylic acids is 1. The molecule has 0 saturated carbocycles. The molecule has 1 fully saturated rings. The molecule has 0 N–H and O–H groups in total. The van der Waals surface area contributed by atoms with E-state index < -0.39 is 0 Å². The van der Waals surface area contributed by atoms with Gasteiger partial charge in [0.2, 0.25) is 5.88 Å². The van der Waals surface area contributed by atoms with Crippen LogP contribution in [0.5, 0.6) is 11.6 Å². The number of aromatic nitrogens is 3. The Bertz CT molecular complexity index is 1020. The minimum atomic E-state index is -0.0745. The maximum Gasteiger partial charge on any atom is 0.272 e. The fraction of sp³-hybridized carbons (Fsp3) is 0.286. The molecule has 1 amide bonds. The van der Waals surface area contributed by atoms with Crippen molar-refractivity contribution in [2.45, 2.75) is 12.5 Å². The van der Waals surface area contributed by atoms with Crippen molar-refractivity contribution in [3.63, 3.8) is 0 Å². The summed E-state index contributed by atoms with van der Waals surface area (Å²) in [5.74, 6) is 1.23. The van der Waals surface area contributed by atoms with Crippen LogP contribution in [0.15, 0.2) is 53.1 Å². The van der Waals surface area contributed by atoms with E-state index in [-0.39, 0.29) is 12.0 Å². The molecule has 1 aromatic carbocycles. The lowest BCUT2D eigenvalue weighted by molar-refractivity contribution is 0.0760. The normalized spacial score (nSPS) is 16.1. The van der Waals surface area contributed by atoms with Crippen LogP contribution in [0.3, 0.4) is 0 Å². The van der Waals surface area contributed by atoms with Crippen LogP contribution in [0.1, 0.15) is 16.9 Å². The molecule has 3 aromatic rings. The summed E-state index contributed by atoms with van der Waals surface area (Å²) in [4.78, 5) is 19.1. The lowest BCUT2D eigenvalue weighted by Crippen LogP contribution is -2.32. The van der Waals surface area contributed by atoms with Crippen LogP contribution in [0, 0.1) is 0 Å². The van der Waals surface area contributed by atoms with Gasteiger partial charge in [0.1, 0.15) is 17.5 Å². The standard InChI is InChI=1S/C21H21BrN4O3/c1-25-18(11-17(24-25)16-5-3-4-6-19(16)28-2)21(27)26-10-9-15(13-26)29-20-8-7-14(22)12-23-20/h3-8,11-12,15H,9-10,13H2,1-2H3. The van der Waals surface area contributed by atoms with Crippen LogP contribution >= 0.6 is 15.9 Å². The molecule has 1 aliphatic rings. The van der Waals surface area contributed by atoms with Crippen molar-refractivity contribution in [2.75, 3.05) is 20.2 Å². The van der Waals surface area contributed by atoms with E-state index in [1.165, 1.54) is 0 Å². The molecule has 0 spiro atoms. The van der Waals surface area contributed by atoms with E-state index in [9.17, 15) is 4.79 Å². The Morgan fingerprint density at radius 2 is 2.07 bits per heavy atom. The maximum atomic E-state index is 13.1. The average molecular weight is 457 g/mol. The van der Waals surface area contributed by atoms with Gasteiger partial charge in [0, 0.05) is 42.3 Å². The highest BCUT2D eigenvalue weighted by molar-refractivity contribution is 9.10. The van der Waals surface area contributed by atoms with Gasteiger partial charge in [0.05, 0.1) is 19.3 Å². The van der Waals surface area contributed by atoms with Crippen LogP contribution in [0.4, 0.5) is 0 Å². The Balaban J connectivity index is 1.47. The number of para-hydroxylation sites is 1. The maximum absolute atomic E-state index is 13.1. The number of likely N-dealkylation sites (tertiary alicyclic amines) is 1. The van der Waals surface area contributed by atoms with E-state index in [2.05, 4.69) is 26.0 Å². The summed E-state index contributed by atoms with van der Waals surface area (Å²) in [6.45, 7) is 1.15. The Morgan fingerprint density at radius 3 is 2.83 bits per heavy atom. The molecule has 1 atom stereocenters. The highest BCUT2D eigenvalue weighted by atomic mass is 79.9. The minimum Gasteiger partial charge on any atom is -0.496 e. The van der Waals surface area contributed by atoms with Gasteiger partial charge in [-0.05, 0) is 40.2 Å². The van der Waals surface area contributed by atoms with E-state index in [1.807, 2.05) is 42.5 Å². The van der Waals surface area contributed by atoms with Crippen molar-refractivity contribution >= 4 is 21.8 Å². The number of aryl methyl sites for hydroxylation is 1. The fourth-order valence-corrected chi connectivity index (χ4v) is 3.66. The molecule has 0 aliphatic carbocycles. The predicted molar refractivity (Wildman–Crippen MR) is 112 cm³/mol. The Morgan fingerprint density at radius 1 is 1.24 bits per heavy atom. The SMILES string of the molecule is COc1ccccc1-c1cc(C(=O)N2CCC(Oc3ccc(Br)cn3)C2)n(C)n1. The summed E-state index contributed by atoms with van der Waals surface area (Å²) < 4.78 is 13.9. The smallest absolute Gasteiger partial charge is 0.272 e. The number of ether oxygens (including phenoxy) is 2. The van der Waals surface area contributed by atoms with Crippen LogP contribution in [0.25, 0.3) is 11.3 Å². The first-order chi connectivity index (χ1) is 14.0. The van der Waals surface area contributed by atoms with Gasteiger partial charge >= 0.3 is 0 Å². The summed E-state index contributed by atoms with van der Waals surface area (Å²) >= 11 is 3.36.